The number of halogens is 1. The summed E-state index contributed by atoms with van der Waals surface area (Å²) in [5.41, 5.74) is 2.22. The summed E-state index contributed by atoms with van der Waals surface area (Å²) in [6.45, 7) is 4.47. The lowest BCUT2D eigenvalue weighted by molar-refractivity contribution is -0.114. The molecule has 84 valence electrons. The van der Waals surface area contributed by atoms with Crippen molar-refractivity contribution >= 4 is 33.3 Å². The minimum absolute atomic E-state index is 0.396. The van der Waals surface area contributed by atoms with Crippen LogP contribution in [0.1, 0.15) is 29.3 Å². The van der Waals surface area contributed by atoms with Gasteiger partial charge in [-0.1, -0.05) is 6.92 Å². The number of hydrogen-bond acceptors (Lipinski definition) is 2. The Morgan fingerprint density at radius 1 is 1.31 bits per heavy atom. The molecule has 2 rings (SSSR count). The molecule has 0 aliphatic carbocycles. The molecule has 0 N–H and O–H groups in total. The Morgan fingerprint density at radius 3 is 2.62 bits per heavy atom. The van der Waals surface area contributed by atoms with Gasteiger partial charge >= 0.3 is 0 Å². The number of carbonyl (C=O) groups is 2. The third-order valence-corrected chi connectivity index (χ3v) is 3.21. The number of rotatable bonds is 2. The maximum absolute atomic E-state index is 11.8. The first-order valence-corrected chi connectivity index (χ1v) is 6.02. The molecule has 1 amide bonds. The van der Waals surface area contributed by atoms with Crippen LogP contribution in [0.5, 0.6) is 0 Å². The number of carbonyl (C=O) groups excluding carboxylic acids is 2. The number of amides is 1. The number of hydrogen-bond donors (Lipinski definition) is 0. The van der Waals surface area contributed by atoms with Crippen molar-refractivity contribution in [1.29, 1.82) is 0 Å². The monoisotopic (exact) mass is 281 g/mol. The van der Waals surface area contributed by atoms with Crippen molar-refractivity contribution in [3.05, 3.63) is 27.7 Å². The molecule has 0 spiro atoms. The van der Waals surface area contributed by atoms with Crippen molar-refractivity contribution in [1.82, 2.24) is 0 Å². The standard InChI is InChI=1S/C12H12BrNO2/c1-3-4-14-10-8(11(15)12(14)16)5-7(2)6-9(10)13/h5-6H,3-4H2,1-2H3. The quantitative estimate of drug-likeness (QED) is 0.782. The van der Waals surface area contributed by atoms with Gasteiger partial charge in [-0.2, -0.15) is 0 Å². The van der Waals surface area contributed by atoms with Crippen LogP contribution in [-0.4, -0.2) is 18.2 Å². The summed E-state index contributed by atoms with van der Waals surface area (Å²) in [6, 6.07) is 3.70. The van der Waals surface area contributed by atoms with E-state index in [-0.39, 0.29) is 0 Å². The molecule has 4 heteroatoms. The molecule has 1 aliphatic rings. The fourth-order valence-electron chi connectivity index (χ4n) is 1.96. The van der Waals surface area contributed by atoms with Gasteiger partial charge in [-0.25, -0.2) is 0 Å². The third kappa shape index (κ3) is 1.57. The smallest absolute Gasteiger partial charge is 0.299 e. The highest BCUT2D eigenvalue weighted by Gasteiger charge is 2.36. The molecule has 0 unspecified atom stereocenters. The Kier molecular flexibility index (Phi) is 2.84. The van der Waals surface area contributed by atoms with E-state index in [9.17, 15) is 9.59 Å². The highest BCUT2D eigenvalue weighted by Crippen LogP contribution is 2.37. The van der Waals surface area contributed by atoms with Crippen molar-refractivity contribution in [3.8, 4) is 0 Å². The topological polar surface area (TPSA) is 37.4 Å². The lowest BCUT2D eigenvalue weighted by atomic mass is 10.1. The average Bonchev–Trinajstić information content (AvgIpc) is 2.44. The van der Waals surface area contributed by atoms with Gasteiger partial charge in [0.2, 0.25) is 0 Å². The lowest BCUT2D eigenvalue weighted by Gasteiger charge is -2.16. The van der Waals surface area contributed by atoms with Crippen molar-refractivity contribution in [2.45, 2.75) is 20.3 Å². The number of anilines is 1. The molecule has 0 atom stereocenters. The predicted octanol–water partition coefficient (Wildman–Crippen LogP) is 2.70. The number of benzene rings is 1. The van der Waals surface area contributed by atoms with Gasteiger partial charge in [0, 0.05) is 11.0 Å². The number of ketones is 1. The van der Waals surface area contributed by atoms with Crippen LogP contribution in [0.2, 0.25) is 0 Å². The van der Waals surface area contributed by atoms with Crippen LogP contribution in [0.15, 0.2) is 16.6 Å². The molecule has 0 fully saturated rings. The first-order valence-electron chi connectivity index (χ1n) is 5.22. The number of nitrogens with zero attached hydrogens (tertiary/aromatic N) is 1. The van der Waals surface area contributed by atoms with Crippen molar-refractivity contribution in [2.75, 3.05) is 11.4 Å². The fourth-order valence-corrected chi connectivity index (χ4v) is 2.75. The van der Waals surface area contributed by atoms with Crippen LogP contribution >= 0.6 is 15.9 Å². The molecule has 1 heterocycles. The largest absolute Gasteiger partial charge is 0.304 e. The van der Waals surface area contributed by atoms with E-state index in [1.54, 1.807) is 11.0 Å². The maximum Gasteiger partial charge on any atom is 0.299 e. The highest BCUT2D eigenvalue weighted by molar-refractivity contribution is 9.10. The van der Waals surface area contributed by atoms with Crippen LogP contribution in [0, 0.1) is 6.92 Å². The van der Waals surface area contributed by atoms with E-state index in [1.165, 1.54) is 0 Å². The van der Waals surface area contributed by atoms with Gasteiger partial charge in [0.15, 0.2) is 0 Å². The van der Waals surface area contributed by atoms with Crippen LogP contribution in [0.4, 0.5) is 5.69 Å². The Bertz CT molecular complexity index is 482. The summed E-state index contributed by atoms with van der Waals surface area (Å²) in [5.74, 6) is -0.809. The van der Waals surface area contributed by atoms with E-state index in [0.29, 0.717) is 12.1 Å². The van der Waals surface area contributed by atoms with E-state index in [0.717, 1.165) is 22.1 Å². The number of aryl methyl sites for hydroxylation is 1. The second-order valence-corrected chi connectivity index (χ2v) is 4.78. The Labute approximate surface area is 103 Å². The van der Waals surface area contributed by atoms with Gasteiger partial charge in [0.25, 0.3) is 11.7 Å². The van der Waals surface area contributed by atoms with Gasteiger partial charge in [0.1, 0.15) is 0 Å². The van der Waals surface area contributed by atoms with Gasteiger partial charge in [-0.15, -0.1) is 0 Å². The zero-order valence-electron chi connectivity index (χ0n) is 9.21. The van der Waals surface area contributed by atoms with Crippen LogP contribution in [0.25, 0.3) is 0 Å². The van der Waals surface area contributed by atoms with Crippen molar-refractivity contribution < 1.29 is 9.59 Å². The Hall–Kier alpha value is -1.16. The molecule has 0 radical (unpaired) electrons. The average molecular weight is 282 g/mol. The molecular formula is C12H12BrNO2. The predicted molar refractivity (Wildman–Crippen MR) is 65.9 cm³/mol. The summed E-state index contributed by atoms with van der Waals surface area (Å²) >= 11 is 3.42. The van der Waals surface area contributed by atoms with Crippen molar-refractivity contribution in [2.24, 2.45) is 0 Å². The first-order chi connectivity index (χ1) is 7.56. The minimum atomic E-state index is -0.414. The molecule has 0 saturated heterocycles. The normalized spacial score (nSPS) is 14.6. The Balaban J connectivity index is 2.60. The first kappa shape index (κ1) is 11.3. The van der Waals surface area contributed by atoms with Gasteiger partial charge < -0.3 is 4.90 Å². The SMILES string of the molecule is CCCN1C(=O)C(=O)c2cc(C)cc(Br)c21. The van der Waals surface area contributed by atoms with Crippen LogP contribution in [-0.2, 0) is 4.79 Å². The summed E-state index contributed by atoms with van der Waals surface area (Å²) in [5, 5.41) is 0. The van der Waals surface area contributed by atoms with E-state index >= 15 is 0 Å². The molecule has 16 heavy (non-hydrogen) atoms. The molecule has 3 nitrogen and oxygen atoms in total. The summed E-state index contributed by atoms with van der Waals surface area (Å²) in [4.78, 5) is 25.1. The second kappa shape index (κ2) is 4.01. The lowest BCUT2D eigenvalue weighted by Crippen LogP contribution is -2.30. The molecule has 1 aliphatic heterocycles. The van der Waals surface area contributed by atoms with Crippen molar-refractivity contribution in [3.63, 3.8) is 0 Å². The second-order valence-electron chi connectivity index (χ2n) is 3.93. The zero-order chi connectivity index (χ0) is 11.9. The number of fused-ring (bicyclic) bond motifs is 1. The minimum Gasteiger partial charge on any atom is -0.304 e. The van der Waals surface area contributed by atoms with E-state index in [2.05, 4.69) is 15.9 Å². The summed E-state index contributed by atoms with van der Waals surface area (Å²) in [7, 11) is 0. The third-order valence-electron chi connectivity index (χ3n) is 2.61. The Morgan fingerprint density at radius 2 is 2.00 bits per heavy atom. The molecule has 0 aromatic heterocycles. The van der Waals surface area contributed by atoms with Gasteiger partial charge in [-0.3, -0.25) is 9.59 Å². The summed E-state index contributed by atoms with van der Waals surface area (Å²) < 4.78 is 0.815. The maximum atomic E-state index is 11.8. The molecule has 1 aromatic rings. The molecule has 0 saturated carbocycles. The van der Waals surface area contributed by atoms with Gasteiger partial charge in [-0.05, 0) is 47.0 Å². The van der Waals surface area contributed by atoms with Gasteiger partial charge in [0.05, 0.1) is 11.3 Å². The van der Waals surface area contributed by atoms with E-state index in [1.807, 2.05) is 19.9 Å². The van der Waals surface area contributed by atoms with Crippen LogP contribution in [0.3, 0.4) is 0 Å². The summed E-state index contributed by atoms with van der Waals surface area (Å²) in [6.07, 6.45) is 0.832. The molecule has 0 bridgehead atoms. The molecule has 1 aromatic carbocycles. The molecular weight excluding hydrogens is 270 g/mol. The zero-order valence-corrected chi connectivity index (χ0v) is 10.8. The van der Waals surface area contributed by atoms with E-state index in [4.69, 9.17) is 0 Å². The number of Topliss-reactive ketones (excluding diaryl/α,β-unsaturated/α-hetero) is 1. The fraction of sp³-hybridized carbons (Fsp3) is 0.333. The highest BCUT2D eigenvalue weighted by atomic mass is 79.9. The van der Waals surface area contributed by atoms with Crippen LogP contribution < -0.4 is 4.90 Å². The van der Waals surface area contributed by atoms with E-state index < -0.39 is 11.7 Å².